The summed E-state index contributed by atoms with van der Waals surface area (Å²) in [6, 6.07) is 16.4. The van der Waals surface area contributed by atoms with Crippen molar-refractivity contribution in [2.45, 2.75) is 6.92 Å². The molecule has 1 aliphatic carbocycles. The van der Waals surface area contributed by atoms with Crippen molar-refractivity contribution in [2.24, 2.45) is 0 Å². The summed E-state index contributed by atoms with van der Waals surface area (Å²) in [6.45, 7) is 2.09. The van der Waals surface area contributed by atoms with Crippen LogP contribution in [0.2, 0.25) is 0 Å². The molecule has 0 saturated heterocycles. The second-order valence-electron chi connectivity index (χ2n) is 5.45. The van der Waals surface area contributed by atoms with Crippen LogP contribution in [0.4, 0.5) is 5.69 Å². The van der Waals surface area contributed by atoms with Gasteiger partial charge in [-0.3, -0.25) is 0 Å². The topological polar surface area (TPSA) is 49.9 Å². The second-order valence-corrected chi connectivity index (χ2v) is 5.45. The molecule has 3 N–H and O–H groups in total. The molecule has 0 saturated carbocycles. The predicted molar refractivity (Wildman–Crippen MR) is 94.1 cm³/mol. The highest BCUT2D eigenvalue weighted by molar-refractivity contribution is 6.05. The molecular weight excluding hydrogens is 268 g/mol. The van der Waals surface area contributed by atoms with E-state index in [-0.39, 0.29) is 0 Å². The minimum atomic E-state index is 0.514. The van der Waals surface area contributed by atoms with Gasteiger partial charge in [0.2, 0.25) is 0 Å². The minimum Gasteiger partial charge on any atom is -0.399 e. The summed E-state index contributed by atoms with van der Waals surface area (Å²) in [5.41, 5.74) is 12.9. The Kier molecular flexibility index (Phi) is 3.75. The van der Waals surface area contributed by atoms with E-state index in [1.165, 1.54) is 5.56 Å². The standard InChI is InChI=1S/C20H18N2/c1-14-4-2-5-16(12-14)20(15-8-10-18(21)11-9-15)17-6-3-7-19(22)13-17/h2-13,21H,22H2,1H3. The summed E-state index contributed by atoms with van der Waals surface area (Å²) in [7, 11) is 0. The number of hydrogen-bond donors (Lipinski definition) is 2. The maximum Gasteiger partial charge on any atom is 0.0540 e. The van der Waals surface area contributed by atoms with Gasteiger partial charge in [0.05, 0.1) is 5.71 Å². The molecule has 0 heterocycles. The number of nitrogens with one attached hydrogen (secondary N) is 1. The number of rotatable bonds is 2. The maximum atomic E-state index is 7.68. The lowest BCUT2D eigenvalue weighted by Gasteiger charge is -2.14. The molecule has 0 atom stereocenters. The summed E-state index contributed by atoms with van der Waals surface area (Å²) in [5.74, 6) is 0. The van der Waals surface area contributed by atoms with Gasteiger partial charge in [-0.25, -0.2) is 0 Å². The monoisotopic (exact) mass is 286 g/mol. The number of allylic oxidation sites excluding steroid dienone is 5. The molecule has 2 aromatic rings. The Hall–Kier alpha value is -2.87. The minimum absolute atomic E-state index is 0.514. The van der Waals surface area contributed by atoms with Crippen LogP contribution in [0, 0.1) is 12.3 Å². The number of nitrogen functional groups attached to an aromatic ring is 1. The third-order valence-electron chi connectivity index (χ3n) is 3.66. The Labute approximate surface area is 130 Å². The molecule has 2 heteroatoms. The van der Waals surface area contributed by atoms with Gasteiger partial charge < -0.3 is 11.1 Å². The average molecular weight is 286 g/mol. The predicted octanol–water partition coefficient (Wildman–Crippen LogP) is 4.52. The van der Waals surface area contributed by atoms with Crippen molar-refractivity contribution >= 4 is 17.0 Å². The van der Waals surface area contributed by atoms with Gasteiger partial charge in [0.1, 0.15) is 0 Å². The zero-order chi connectivity index (χ0) is 15.5. The fourth-order valence-corrected chi connectivity index (χ4v) is 2.63. The molecule has 2 aromatic carbocycles. The highest BCUT2D eigenvalue weighted by atomic mass is 14.5. The van der Waals surface area contributed by atoms with Gasteiger partial charge in [-0.05, 0) is 53.5 Å². The van der Waals surface area contributed by atoms with Crippen LogP contribution in [0.3, 0.4) is 0 Å². The number of hydrogen-bond acceptors (Lipinski definition) is 2. The van der Waals surface area contributed by atoms with E-state index in [9.17, 15) is 0 Å². The van der Waals surface area contributed by atoms with Crippen molar-refractivity contribution in [3.8, 4) is 0 Å². The third-order valence-corrected chi connectivity index (χ3v) is 3.66. The first kappa shape index (κ1) is 14.1. The molecule has 3 rings (SSSR count). The van der Waals surface area contributed by atoms with E-state index in [4.69, 9.17) is 11.1 Å². The van der Waals surface area contributed by atoms with Gasteiger partial charge >= 0.3 is 0 Å². The first-order valence-corrected chi connectivity index (χ1v) is 7.25. The van der Waals surface area contributed by atoms with E-state index in [2.05, 4.69) is 37.3 Å². The summed E-state index contributed by atoms with van der Waals surface area (Å²) in [4.78, 5) is 0. The summed E-state index contributed by atoms with van der Waals surface area (Å²) in [6.07, 6.45) is 7.61. The van der Waals surface area contributed by atoms with Gasteiger partial charge in [0.25, 0.3) is 0 Å². The molecule has 0 unspecified atom stereocenters. The van der Waals surface area contributed by atoms with Crippen molar-refractivity contribution in [3.05, 3.63) is 95.1 Å². The zero-order valence-electron chi connectivity index (χ0n) is 12.5. The van der Waals surface area contributed by atoms with Crippen LogP contribution in [0.5, 0.6) is 0 Å². The Morgan fingerprint density at radius 2 is 1.50 bits per heavy atom. The lowest BCUT2D eigenvalue weighted by molar-refractivity contribution is 1.43. The smallest absolute Gasteiger partial charge is 0.0540 e. The van der Waals surface area contributed by atoms with E-state index in [1.807, 2.05) is 42.5 Å². The highest BCUT2D eigenvalue weighted by Crippen LogP contribution is 2.30. The van der Waals surface area contributed by atoms with E-state index >= 15 is 0 Å². The summed E-state index contributed by atoms with van der Waals surface area (Å²) >= 11 is 0. The van der Waals surface area contributed by atoms with Crippen LogP contribution in [0.15, 0.2) is 78.4 Å². The molecule has 108 valence electrons. The van der Waals surface area contributed by atoms with Crippen molar-refractivity contribution in [3.63, 3.8) is 0 Å². The number of aryl methyl sites for hydroxylation is 1. The molecule has 0 radical (unpaired) electrons. The number of anilines is 1. The number of nitrogens with two attached hydrogens (primary N) is 1. The van der Waals surface area contributed by atoms with E-state index < -0.39 is 0 Å². The Balaban J connectivity index is 2.24. The lowest BCUT2D eigenvalue weighted by atomic mass is 9.90. The average Bonchev–Trinajstić information content (AvgIpc) is 2.50. The molecule has 0 amide bonds. The van der Waals surface area contributed by atoms with Crippen molar-refractivity contribution in [1.29, 1.82) is 5.41 Å². The lowest BCUT2D eigenvalue weighted by Crippen LogP contribution is -1.98. The normalized spacial score (nSPS) is 13.5. The van der Waals surface area contributed by atoms with Crippen LogP contribution < -0.4 is 5.73 Å². The fraction of sp³-hybridized carbons (Fsp3) is 0.0500. The van der Waals surface area contributed by atoms with Gasteiger partial charge in [-0.15, -0.1) is 0 Å². The zero-order valence-corrected chi connectivity index (χ0v) is 12.5. The molecule has 0 bridgehead atoms. The molecule has 0 aliphatic heterocycles. The van der Waals surface area contributed by atoms with Crippen molar-refractivity contribution < 1.29 is 0 Å². The second kappa shape index (κ2) is 5.86. The molecule has 0 spiro atoms. The Bertz CT molecular complexity index is 758. The molecular formula is C20H18N2. The van der Waals surface area contributed by atoms with Crippen LogP contribution in [-0.4, -0.2) is 5.71 Å². The summed E-state index contributed by atoms with van der Waals surface area (Å²) < 4.78 is 0. The SMILES string of the molecule is Cc1cccc(C(=C2C=CC(=N)C=C2)c2cccc(N)c2)c1. The van der Waals surface area contributed by atoms with Crippen LogP contribution in [-0.2, 0) is 0 Å². The third kappa shape index (κ3) is 2.91. The van der Waals surface area contributed by atoms with Gasteiger partial charge in [0, 0.05) is 5.69 Å². The fourth-order valence-electron chi connectivity index (χ4n) is 2.63. The molecule has 0 fully saturated rings. The van der Waals surface area contributed by atoms with Gasteiger partial charge in [-0.1, -0.05) is 54.1 Å². The molecule has 2 nitrogen and oxygen atoms in total. The van der Waals surface area contributed by atoms with Crippen molar-refractivity contribution in [2.75, 3.05) is 5.73 Å². The van der Waals surface area contributed by atoms with Crippen molar-refractivity contribution in [1.82, 2.24) is 0 Å². The maximum absolute atomic E-state index is 7.68. The van der Waals surface area contributed by atoms with Crippen LogP contribution >= 0.6 is 0 Å². The first-order valence-electron chi connectivity index (χ1n) is 7.25. The first-order chi connectivity index (χ1) is 10.6. The summed E-state index contributed by atoms with van der Waals surface area (Å²) in [5, 5.41) is 7.68. The van der Waals surface area contributed by atoms with E-state index in [0.29, 0.717) is 5.71 Å². The van der Waals surface area contributed by atoms with E-state index in [1.54, 1.807) is 0 Å². The van der Waals surface area contributed by atoms with Gasteiger partial charge in [-0.2, -0.15) is 0 Å². The van der Waals surface area contributed by atoms with Crippen LogP contribution in [0.25, 0.3) is 5.57 Å². The number of benzene rings is 2. The molecule has 0 aromatic heterocycles. The van der Waals surface area contributed by atoms with Crippen LogP contribution in [0.1, 0.15) is 16.7 Å². The quantitative estimate of drug-likeness (QED) is 0.783. The largest absolute Gasteiger partial charge is 0.399 e. The molecule has 1 aliphatic rings. The Morgan fingerprint density at radius 3 is 2.14 bits per heavy atom. The highest BCUT2D eigenvalue weighted by Gasteiger charge is 2.11. The molecule has 22 heavy (non-hydrogen) atoms. The van der Waals surface area contributed by atoms with E-state index in [0.717, 1.165) is 28.0 Å². The Morgan fingerprint density at radius 1 is 0.864 bits per heavy atom. The van der Waals surface area contributed by atoms with Gasteiger partial charge in [0.15, 0.2) is 0 Å².